The van der Waals surface area contributed by atoms with Crippen LogP contribution in [-0.4, -0.2) is 18.3 Å². The number of nitriles is 6. The smallest absolute Gasteiger partial charge is 0.281 e. The van der Waals surface area contributed by atoms with Gasteiger partial charge in [0.05, 0.1) is 93.3 Å². The molecule has 0 fully saturated rings. The van der Waals surface area contributed by atoms with E-state index in [9.17, 15) is 4.57 Å². The molecule has 0 N–H and O–H groups in total. The Morgan fingerprint density at radius 2 is 0.731 bits per heavy atom. The van der Waals surface area contributed by atoms with Crippen molar-refractivity contribution >= 4 is 7.82 Å². The molecule has 0 spiro atoms. The minimum Gasteiger partial charge on any atom is -0.281 e. The Kier molecular flexibility index (Phi) is 11.8. The quantitative estimate of drug-likeness (QED) is 0.459. The van der Waals surface area contributed by atoms with E-state index in [1.807, 2.05) is 0 Å². The van der Waals surface area contributed by atoms with E-state index in [1.54, 1.807) is 36.4 Å². The third kappa shape index (κ3) is 9.37. The maximum Gasteiger partial charge on any atom is 0.475 e. The molecular formula is C15H15N6O4P. The van der Waals surface area contributed by atoms with Crippen LogP contribution in [0.1, 0.15) is 38.5 Å². The summed E-state index contributed by atoms with van der Waals surface area (Å²) >= 11 is 0. The van der Waals surface area contributed by atoms with Crippen molar-refractivity contribution < 1.29 is 18.1 Å². The van der Waals surface area contributed by atoms with E-state index in [0.29, 0.717) is 0 Å². The van der Waals surface area contributed by atoms with Crippen LogP contribution in [0.25, 0.3) is 0 Å². The SMILES string of the molecule is N#CCC(CC#N)OP(=O)(OC(CC#N)CC#N)OC(CC#N)CC#N. The van der Waals surface area contributed by atoms with E-state index in [0.717, 1.165) is 0 Å². The molecule has 0 aliphatic carbocycles. The molecule has 0 amide bonds. The van der Waals surface area contributed by atoms with E-state index in [1.165, 1.54) is 0 Å². The van der Waals surface area contributed by atoms with Crippen molar-refractivity contribution in [3.8, 4) is 36.4 Å². The number of phosphoric ester groups is 1. The fourth-order valence-corrected chi connectivity index (χ4v) is 3.37. The molecule has 0 saturated heterocycles. The zero-order chi connectivity index (χ0) is 19.8. The maximum atomic E-state index is 13.0. The van der Waals surface area contributed by atoms with Crippen LogP contribution in [0.3, 0.4) is 0 Å². The standard InChI is InChI=1S/C15H15N6O4P/c16-7-1-13(2-8-17)23-26(22,24-14(3-9-18)4-10-19)25-15(5-11-20)6-12-21/h13-15H,1-6H2. The number of nitrogens with zero attached hydrogens (tertiary/aromatic N) is 6. The molecule has 0 aliphatic rings. The van der Waals surface area contributed by atoms with Crippen molar-refractivity contribution in [1.29, 1.82) is 31.6 Å². The average molecular weight is 374 g/mol. The van der Waals surface area contributed by atoms with Crippen LogP contribution in [0.5, 0.6) is 0 Å². The lowest BCUT2D eigenvalue weighted by atomic mass is 10.2. The van der Waals surface area contributed by atoms with E-state index in [-0.39, 0.29) is 38.5 Å². The Labute approximate surface area is 151 Å². The monoisotopic (exact) mass is 374 g/mol. The average Bonchev–Trinajstić information content (AvgIpc) is 2.56. The van der Waals surface area contributed by atoms with E-state index in [2.05, 4.69) is 0 Å². The number of phosphoric acid groups is 1. The molecule has 0 aromatic rings. The van der Waals surface area contributed by atoms with Gasteiger partial charge in [-0.05, 0) is 0 Å². The lowest BCUT2D eigenvalue weighted by Gasteiger charge is -2.26. The van der Waals surface area contributed by atoms with Gasteiger partial charge in [0.1, 0.15) is 0 Å². The molecule has 0 rings (SSSR count). The molecule has 0 atom stereocenters. The van der Waals surface area contributed by atoms with E-state index < -0.39 is 26.1 Å². The lowest BCUT2D eigenvalue weighted by molar-refractivity contribution is 0.0367. The van der Waals surface area contributed by atoms with E-state index in [4.69, 9.17) is 45.1 Å². The highest BCUT2D eigenvalue weighted by atomic mass is 31.2. The highest BCUT2D eigenvalue weighted by Gasteiger charge is 2.37. The van der Waals surface area contributed by atoms with Crippen LogP contribution in [0, 0.1) is 68.0 Å². The van der Waals surface area contributed by atoms with Crippen molar-refractivity contribution in [2.24, 2.45) is 0 Å². The molecule has 0 aromatic carbocycles. The second kappa shape index (κ2) is 13.4. The number of hydrogen-bond donors (Lipinski definition) is 0. The van der Waals surface area contributed by atoms with Crippen molar-refractivity contribution in [3.63, 3.8) is 0 Å². The molecule has 0 unspecified atom stereocenters. The minimum atomic E-state index is -4.47. The second-order valence-corrected chi connectivity index (χ2v) is 6.33. The highest BCUT2D eigenvalue weighted by Crippen LogP contribution is 2.54. The molecule has 10 nitrogen and oxygen atoms in total. The summed E-state index contributed by atoms with van der Waals surface area (Å²) in [5, 5.41) is 52.7. The van der Waals surface area contributed by atoms with Gasteiger partial charge in [-0.25, -0.2) is 4.57 Å². The van der Waals surface area contributed by atoms with Gasteiger partial charge >= 0.3 is 7.82 Å². The predicted octanol–water partition coefficient (Wildman–Crippen LogP) is 2.73. The molecule has 134 valence electrons. The summed E-state index contributed by atoms with van der Waals surface area (Å²) in [5.41, 5.74) is 0. The molecule has 11 heteroatoms. The Hall–Kier alpha value is -2.95. The highest BCUT2D eigenvalue weighted by molar-refractivity contribution is 7.48. The Balaban J connectivity index is 5.58. The predicted molar refractivity (Wildman–Crippen MR) is 83.6 cm³/mol. The van der Waals surface area contributed by atoms with Crippen molar-refractivity contribution in [2.75, 3.05) is 0 Å². The second-order valence-electron chi connectivity index (χ2n) is 4.80. The fraction of sp³-hybridized carbons (Fsp3) is 0.600. The van der Waals surface area contributed by atoms with Gasteiger partial charge in [0.2, 0.25) is 0 Å². The largest absolute Gasteiger partial charge is 0.475 e. The van der Waals surface area contributed by atoms with Crippen molar-refractivity contribution in [2.45, 2.75) is 56.8 Å². The first-order valence-corrected chi connectivity index (χ1v) is 8.81. The molecular weight excluding hydrogens is 359 g/mol. The van der Waals surface area contributed by atoms with Gasteiger partial charge in [-0.15, -0.1) is 0 Å². The normalized spacial score (nSPS) is 10.3. The van der Waals surface area contributed by atoms with E-state index >= 15 is 0 Å². The van der Waals surface area contributed by atoms with Crippen LogP contribution in [0.4, 0.5) is 0 Å². The van der Waals surface area contributed by atoms with Gasteiger partial charge in [-0.2, -0.15) is 31.6 Å². The first-order chi connectivity index (χ1) is 12.5. The molecule has 0 saturated carbocycles. The Morgan fingerprint density at radius 1 is 0.538 bits per heavy atom. The first kappa shape index (κ1) is 23.1. The third-order valence-electron chi connectivity index (χ3n) is 2.75. The third-order valence-corrected chi connectivity index (χ3v) is 4.42. The Morgan fingerprint density at radius 3 is 0.885 bits per heavy atom. The number of rotatable bonds is 12. The van der Waals surface area contributed by atoms with Crippen LogP contribution in [0.15, 0.2) is 0 Å². The molecule has 0 bridgehead atoms. The summed E-state index contributed by atoms with van der Waals surface area (Å²) in [6.45, 7) is 0. The summed E-state index contributed by atoms with van der Waals surface area (Å²) in [6.07, 6.45) is -5.03. The fourth-order valence-electron chi connectivity index (χ4n) is 1.67. The van der Waals surface area contributed by atoms with Gasteiger partial charge in [0.25, 0.3) is 0 Å². The summed E-state index contributed by atoms with van der Waals surface area (Å²) in [7, 11) is -4.47. The zero-order valence-corrected chi connectivity index (χ0v) is 14.6. The van der Waals surface area contributed by atoms with Gasteiger partial charge in [-0.1, -0.05) is 0 Å². The first-order valence-electron chi connectivity index (χ1n) is 7.35. The van der Waals surface area contributed by atoms with Gasteiger partial charge in [0.15, 0.2) is 0 Å². The summed E-state index contributed by atoms with van der Waals surface area (Å²) in [6, 6.07) is 10.6. The number of hydrogen-bond acceptors (Lipinski definition) is 10. The van der Waals surface area contributed by atoms with Crippen molar-refractivity contribution in [1.82, 2.24) is 0 Å². The maximum absolute atomic E-state index is 13.0. The van der Waals surface area contributed by atoms with Crippen molar-refractivity contribution in [3.05, 3.63) is 0 Å². The van der Waals surface area contributed by atoms with Crippen LogP contribution in [0.2, 0.25) is 0 Å². The van der Waals surface area contributed by atoms with Gasteiger partial charge in [-0.3, -0.25) is 13.6 Å². The van der Waals surface area contributed by atoms with Crippen LogP contribution >= 0.6 is 7.82 Å². The molecule has 0 aliphatic heterocycles. The zero-order valence-electron chi connectivity index (χ0n) is 13.7. The Bertz CT molecular complexity index is 597. The molecule has 26 heavy (non-hydrogen) atoms. The summed E-state index contributed by atoms with van der Waals surface area (Å²) in [4.78, 5) is 0. The molecule has 0 radical (unpaired) electrons. The summed E-state index contributed by atoms with van der Waals surface area (Å²) in [5.74, 6) is 0. The topological polar surface area (TPSA) is 187 Å². The molecule has 0 aromatic heterocycles. The van der Waals surface area contributed by atoms with Crippen LogP contribution in [-0.2, 0) is 18.1 Å². The summed E-state index contributed by atoms with van der Waals surface area (Å²) < 4.78 is 28.6. The molecule has 0 heterocycles. The van der Waals surface area contributed by atoms with Gasteiger partial charge < -0.3 is 0 Å². The minimum absolute atomic E-state index is 0.285. The van der Waals surface area contributed by atoms with Gasteiger partial charge in [0, 0.05) is 0 Å². The lowest BCUT2D eigenvalue weighted by Crippen LogP contribution is -2.20. The van der Waals surface area contributed by atoms with Crippen LogP contribution < -0.4 is 0 Å².